The van der Waals surface area contributed by atoms with Gasteiger partial charge in [-0.3, -0.25) is 4.68 Å². The van der Waals surface area contributed by atoms with Crippen LogP contribution in [0.2, 0.25) is 5.02 Å². The Morgan fingerprint density at radius 1 is 1.16 bits per heavy atom. The summed E-state index contributed by atoms with van der Waals surface area (Å²) in [6, 6.07) is 15.2. The Kier molecular flexibility index (Phi) is 7.46. The van der Waals surface area contributed by atoms with E-state index in [1.165, 1.54) is 11.3 Å². The number of halogens is 1. The molecule has 0 aliphatic carbocycles. The molecule has 2 atom stereocenters. The molecular weight excluding hydrogens is 582 g/mol. The van der Waals surface area contributed by atoms with Crippen LogP contribution in [0.25, 0.3) is 37.9 Å². The van der Waals surface area contributed by atoms with Gasteiger partial charge in [0.05, 0.1) is 45.0 Å². The number of aromatic nitrogens is 3. The first kappa shape index (κ1) is 29.2. The van der Waals surface area contributed by atoms with Crippen molar-refractivity contribution in [1.29, 1.82) is 0 Å². The number of benzene rings is 3. The molecule has 43 heavy (non-hydrogen) atoms. The third-order valence-corrected chi connectivity index (χ3v) is 8.80. The number of thiazole rings is 1. The standard InChI is InChI=1S/C33H32ClN5O3S/c1-17-14-24-30(27(18-6-9-21(34)10-7-18)26(17)29(32(40)41)42-33(2,3)4)43-31(38-24)28-22(35)11-12-23(37-28)19-8-13-25-20(15-19)16-36-39(25)5/h6-10,12-16,22,29H,11,35H2,1-5H3,(H,40,41)/t22?,29-/m0/s1. The molecule has 10 heteroatoms. The molecule has 1 unspecified atom stereocenters. The first-order valence-corrected chi connectivity index (χ1v) is 15.2. The zero-order valence-corrected chi connectivity index (χ0v) is 26.1. The number of carboxylic acid groups (broad SMARTS) is 1. The van der Waals surface area contributed by atoms with Gasteiger partial charge < -0.3 is 15.6 Å². The number of aryl methyl sites for hydroxylation is 2. The molecule has 6 rings (SSSR count). The molecule has 0 amide bonds. The Balaban J connectivity index is 1.52. The molecule has 0 spiro atoms. The topological polar surface area (TPSA) is 116 Å². The lowest BCUT2D eigenvalue weighted by Gasteiger charge is -2.28. The number of aliphatic carboxylic acids is 1. The van der Waals surface area contributed by atoms with Crippen LogP contribution < -0.4 is 5.73 Å². The van der Waals surface area contributed by atoms with Crippen LogP contribution in [0, 0.1) is 6.92 Å². The molecule has 3 heterocycles. The molecule has 1 aliphatic rings. The van der Waals surface area contributed by atoms with Gasteiger partial charge in [0.1, 0.15) is 5.01 Å². The average molecular weight is 614 g/mol. The number of ether oxygens (including phenoxy) is 1. The van der Waals surface area contributed by atoms with E-state index in [-0.39, 0.29) is 6.04 Å². The zero-order chi connectivity index (χ0) is 30.6. The lowest BCUT2D eigenvalue weighted by molar-refractivity contribution is -0.160. The predicted octanol–water partition coefficient (Wildman–Crippen LogP) is 7.31. The van der Waals surface area contributed by atoms with E-state index >= 15 is 0 Å². The maximum absolute atomic E-state index is 12.6. The minimum Gasteiger partial charge on any atom is -0.479 e. The average Bonchev–Trinajstić information content (AvgIpc) is 3.54. The van der Waals surface area contributed by atoms with Crippen molar-refractivity contribution in [2.75, 3.05) is 0 Å². The summed E-state index contributed by atoms with van der Waals surface area (Å²) in [4.78, 5) is 22.7. The van der Waals surface area contributed by atoms with Crippen LogP contribution in [-0.4, -0.2) is 43.2 Å². The van der Waals surface area contributed by atoms with Crippen molar-refractivity contribution >= 4 is 61.4 Å². The normalized spacial score (nSPS) is 16.4. The highest BCUT2D eigenvalue weighted by Gasteiger charge is 2.33. The lowest BCUT2D eigenvalue weighted by Crippen LogP contribution is -2.32. The number of hydrogen-bond donors (Lipinski definition) is 2. The Bertz CT molecular complexity index is 1950. The first-order chi connectivity index (χ1) is 20.4. The second-order valence-electron chi connectivity index (χ2n) is 11.8. The first-order valence-electron chi connectivity index (χ1n) is 14.0. The fourth-order valence-electron chi connectivity index (χ4n) is 5.47. The highest BCUT2D eigenvalue weighted by atomic mass is 35.5. The number of hydrogen-bond acceptors (Lipinski definition) is 7. The van der Waals surface area contributed by atoms with Gasteiger partial charge in [0, 0.05) is 34.1 Å². The fraction of sp³-hybridized carbons (Fsp3) is 0.273. The molecule has 0 saturated heterocycles. The van der Waals surface area contributed by atoms with Crippen molar-refractivity contribution in [3.63, 3.8) is 0 Å². The third kappa shape index (κ3) is 5.61. The number of nitrogens with zero attached hydrogens (tertiary/aromatic N) is 4. The Labute approximate surface area is 258 Å². The fourth-order valence-corrected chi connectivity index (χ4v) is 6.77. The third-order valence-electron chi connectivity index (χ3n) is 7.44. The molecule has 8 nitrogen and oxygen atoms in total. The van der Waals surface area contributed by atoms with Crippen LogP contribution in [-0.2, 0) is 16.6 Å². The summed E-state index contributed by atoms with van der Waals surface area (Å²) >= 11 is 7.70. The molecule has 0 bridgehead atoms. The van der Waals surface area contributed by atoms with Crippen LogP contribution in [0.15, 0.2) is 65.8 Å². The molecule has 1 aliphatic heterocycles. The molecular formula is C33H32ClN5O3S. The highest BCUT2D eigenvalue weighted by Crippen LogP contribution is 2.43. The van der Waals surface area contributed by atoms with E-state index in [1.54, 1.807) is 12.1 Å². The number of carboxylic acids is 1. The van der Waals surface area contributed by atoms with E-state index in [0.717, 1.165) is 49.1 Å². The number of rotatable bonds is 6. The number of aliphatic imine (C=N–C) groups is 1. The van der Waals surface area contributed by atoms with Crippen molar-refractivity contribution in [2.24, 2.45) is 17.8 Å². The van der Waals surface area contributed by atoms with E-state index < -0.39 is 17.7 Å². The summed E-state index contributed by atoms with van der Waals surface area (Å²) in [5, 5.41) is 17.0. The maximum atomic E-state index is 12.6. The van der Waals surface area contributed by atoms with Crippen LogP contribution in [0.3, 0.4) is 0 Å². The second kappa shape index (κ2) is 11.0. The van der Waals surface area contributed by atoms with Crippen molar-refractivity contribution in [3.05, 3.63) is 87.5 Å². The molecule has 0 fully saturated rings. The molecule has 3 aromatic carbocycles. The molecule has 5 aromatic rings. The van der Waals surface area contributed by atoms with Crippen molar-refractivity contribution in [1.82, 2.24) is 14.8 Å². The summed E-state index contributed by atoms with van der Waals surface area (Å²) in [6.45, 7) is 7.45. The summed E-state index contributed by atoms with van der Waals surface area (Å²) in [6.07, 6.45) is 3.33. The van der Waals surface area contributed by atoms with E-state index in [4.69, 9.17) is 32.0 Å². The minimum atomic E-state index is -1.19. The van der Waals surface area contributed by atoms with Crippen LogP contribution in [0.4, 0.5) is 0 Å². The van der Waals surface area contributed by atoms with Gasteiger partial charge >= 0.3 is 5.97 Å². The van der Waals surface area contributed by atoms with Crippen LogP contribution >= 0.6 is 22.9 Å². The minimum absolute atomic E-state index is 0.332. The van der Waals surface area contributed by atoms with E-state index in [2.05, 4.69) is 17.2 Å². The number of fused-ring (bicyclic) bond motifs is 2. The Hall–Kier alpha value is -3.89. The number of carbonyl (C=O) groups is 1. The highest BCUT2D eigenvalue weighted by molar-refractivity contribution is 7.21. The lowest BCUT2D eigenvalue weighted by atomic mass is 9.91. The molecule has 0 radical (unpaired) electrons. The second-order valence-corrected chi connectivity index (χ2v) is 13.2. The summed E-state index contributed by atoms with van der Waals surface area (Å²) in [7, 11) is 1.92. The number of nitrogens with two attached hydrogens (primary N) is 1. The van der Waals surface area contributed by atoms with Gasteiger partial charge in [0.25, 0.3) is 0 Å². The summed E-state index contributed by atoms with van der Waals surface area (Å²) in [5.74, 6) is -1.06. The molecule has 2 aromatic heterocycles. The van der Waals surface area contributed by atoms with Gasteiger partial charge in [-0.2, -0.15) is 5.10 Å². The largest absolute Gasteiger partial charge is 0.479 e. The van der Waals surface area contributed by atoms with Gasteiger partial charge in [-0.05, 0) is 75.6 Å². The van der Waals surface area contributed by atoms with E-state index in [9.17, 15) is 9.90 Å². The zero-order valence-electron chi connectivity index (χ0n) is 24.6. The Morgan fingerprint density at radius 3 is 2.58 bits per heavy atom. The molecule has 0 saturated carbocycles. The summed E-state index contributed by atoms with van der Waals surface area (Å²) < 4.78 is 8.82. The van der Waals surface area contributed by atoms with Crippen LogP contribution in [0.1, 0.15) is 55.0 Å². The molecule has 220 valence electrons. The van der Waals surface area contributed by atoms with Gasteiger partial charge in [0.2, 0.25) is 0 Å². The van der Waals surface area contributed by atoms with Crippen molar-refractivity contribution < 1.29 is 14.6 Å². The molecule has 3 N–H and O–H groups in total. The van der Waals surface area contributed by atoms with Gasteiger partial charge in [-0.15, -0.1) is 11.3 Å². The van der Waals surface area contributed by atoms with Crippen molar-refractivity contribution in [2.45, 2.75) is 51.9 Å². The maximum Gasteiger partial charge on any atom is 0.337 e. The monoisotopic (exact) mass is 613 g/mol. The smallest absolute Gasteiger partial charge is 0.337 e. The summed E-state index contributed by atoms with van der Waals surface area (Å²) in [5.41, 5.74) is 13.2. The van der Waals surface area contributed by atoms with Gasteiger partial charge in [-0.1, -0.05) is 35.9 Å². The van der Waals surface area contributed by atoms with Gasteiger partial charge in [0.15, 0.2) is 6.10 Å². The predicted molar refractivity (Wildman–Crippen MR) is 174 cm³/mol. The van der Waals surface area contributed by atoms with E-state index in [1.807, 2.05) is 76.0 Å². The Morgan fingerprint density at radius 2 is 1.88 bits per heavy atom. The SMILES string of the molecule is Cc1cc2nc(C3=NC(c4ccc5c(cnn5C)c4)=CCC3N)sc2c(-c2ccc(Cl)cc2)c1[C@H](OC(C)(C)C)C(=O)O. The van der Waals surface area contributed by atoms with Crippen LogP contribution in [0.5, 0.6) is 0 Å². The van der Waals surface area contributed by atoms with Crippen molar-refractivity contribution in [3.8, 4) is 11.1 Å². The quantitative estimate of drug-likeness (QED) is 0.207. The van der Waals surface area contributed by atoms with Gasteiger partial charge in [-0.25, -0.2) is 14.8 Å². The van der Waals surface area contributed by atoms with E-state index in [0.29, 0.717) is 27.7 Å².